The Balaban J connectivity index is 2.18. The molecule has 0 aromatic carbocycles. The molecule has 2 rings (SSSR count). The van der Waals surface area contributed by atoms with Crippen LogP contribution >= 0.6 is 11.6 Å². The zero-order valence-electron chi connectivity index (χ0n) is 10.8. The molecule has 2 aromatic heterocycles. The summed E-state index contributed by atoms with van der Waals surface area (Å²) in [6.07, 6.45) is 4.36. The summed E-state index contributed by atoms with van der Waals surface area (Å²) in [6.45, 7) is 5.97. The van der Waals surface area contributed by atoms with Gasteiger partial charge in [-0.2, -0.15) is 0 Å². The van der Waals surface area contributed by atoms with Gasteiger partial charge in [0, 0.05) is 38.9 Å². The van der Waals surface area contributed by atoms with Crippen molar-refractivity contribution in [1.82, 2.24) is 9.38 Å². The van der Waals surface area contributed by atoms with E-state index in [1.165, 1.54) is 0 Å². The van der Waals surface area contributed by atoms with E-state index < -0.39 is 10.8 Å². The highest BCUT2D eigenvalue weighted by atomic mass is 35.5. The van der Waals surface area contributed by atoms with Crippen LogP contribution in [0, 0.1) is 0 Å². The molecule has 2 aromatic rings. The molecule has 0 aliphatic carbocycles. The highest BCUT2D eigenvalue weighted by molar-refractivity contribution is 7.86. The summed E-state index contributed by atoms with van der Waals surface area (Å²) in [7, 11) is -0.852. The van der Waals surface area contributed by atoms with E-state index in [0.717, 1.165) is 11.2 Å². The number of rotatable bonds is 3. The van der Waals surface area contributed by atoms with Crippen molar-refractivity contribution in [2.45, 2.75) is 31.9 Å². The van der Waals surface area contributed by atoms with Crippen LogP contribution in [0.5, 0.6) is 0 Å². The van der Waals surface area contributed by atoms with Crippen LogP contribution in [0.1, 0.15) is 26.5 Å². The summed E-state index contributed by atoms with van der Waals surface area (Å²) >= 11 is 5.98. The smallest absolute Gasteiger partial charge is 0.0995 e. The molecule has 1 atom stereocenters. The predicted octanol–water partition coefficient (Wildman–Crippen LogP) is 3.08. The van der Waals surface area contributed by atoms with Gasteiger partial charge in [-0.05, 0) is 32.9 Å². The Hall–Kier alpha value is -0.870. The van der Waals surface area contributed by atoms with Crippen molar-refractivity contribution < 1.29 is 4.21 Å². The van der Waals surface area contributed by atoms with Gasteiger partial charge in [0.05, 0.1) is 17.5 Å². The fourth-order valence-corrected chi connectivity index (χ4v) is 2.86. The Labute approximate surface area is 115 Å². The van der Waals surface area contributed by atoms with Crippen molar-refractivity contribution in [3.8, 4) is 0 Å². The molecule has 0 bridgehead atoms. The fraction of sp³-hybridized carbons (Fsp3) is 0.462. The van der Waals surface area contributed by atoms with Crippen LogP contribution in [0.15, 0.2) is 24.7 Å². The molecule has 0 N–H and O–H groups in total. The summed E-state index contributed by atoms with van der Waals surface area (Å²) in [5.74, 6) is 0.628. The highest BCUT2D eigenvalue weighted by Crippen LogP contribution is 2.18. The minimum Gasteiger partial charge on any atom is -0.306 e. The molecule has 18 heavy (non-hydrogen) atoms. The SMILES string of the molecule is CC(C)(C)S(=O)CCc1ncn2ccc(Cl)cc12. The monoisotopic (exact) mass is 284 g/mol. The van der Waals surface area contributed by atoms with Gasteiger partial charge >= 0.3 is 0 Å². The maximum absolute atomic E-state index is 12.0. The van der Waals surface area contributed by atoms with Crippen molar-refractivity contribution >= 4 is 27.9 Å². The highest BCUT2D eigenvalue weighted by Gasteiger charge is 2.19. The average Bonchev–Trinajstić information content (AvgIpc) is 2.67. The molecular formula is C13H17ClN2OS. The fourth-order valence-electron chi connectivity index (χ4n) is 1.70. The van der Waals surface area contributed by atoms with Crippen molar-refractivity contribution in [1.29, 1.82) is 0 Å². The summed E-state index contributed by atoms with van der Waals surface area (Å²) in [5.41, 5.74) is 1.95. The molecule has 2 heterocycles. The molecule has 3 nitrogen and oxygen atoms in total. The topological polar surface area (TPSA) is 34.4 Å². The lowest BCUT2D eigenvalue weighted by atomic mass is 10.2. The first-order valence-corrected chi connectivity index (χ1v) is 7.57. The first-order valence-electron chi connectivity index (χ1n) is 5.87. The third-order valence-electron chi connectivity index (χ3n) is 2.79. The molecular weight excluding hydrogens is 268 g/mol. The molecule has 0 aliphatic rings. The third-order valence-corrected chi connectivity index (χ3v) is 4.96. The van der Waals surface area contributed by atoms with E-state index in [9.17, 15) is 4.21 Å². The number of halogens is 1. The Kier molecular flexibility index (Phi) is 3.78. The van der Waals surface area contributed by atoms with Gasteiger partial charge in [0.15, 0.2) is 0 Å². The zero-order chi connectivity index (χ0) is 13.3. The van der Waals surface area contributed by atoms with E-state index in [1.54, 1.807) is 6.33 Å². The number of aryl methyl sites for hydroxylation is 1. The van der Waals surface area contributed by atoms with Crippen molar-refractivity contribution in [3.05, 3.63) is 35.4 Å². The summed E-state index contributed by atoms with van der Waals surface area (Å²) in [6, 6.07) is 3.72. The van der Waals surface area contributed by atoms with Crippen LogP contribution in [0.3, 0.4) is 0 Å². The molecule has 0 saturated heterocycles. The van der Waals surface area contributed by atoms with Crippen LogP contribution in [-0.4, -0.2) is 24.1 Å². The maximum Gasteiger partial charge on any atom is 0.0995 e. The Morgan fingerprint density at radius 2 is 2.17 bits per heavy atom. The van der Waals surface area contributed by atoms with Crippen LogP contribution in [0.2, 0.25) is 5.02 Å². The lowest BCUT2D eigenvalue weighted by Crippen LogP contribution is -2.24. The standard InChI is InChI=1S/C13H17ClN2OS/c1-13(2,3)18(17)7-5-11-12-8-10(14)4-6-16(12)9-15-11/h4,6,8-9H,5,7H2,1-3H3. The van der Waals surface area contributed by atoms with E-state index in [0.29, 0.717) is 17.2 Å². The lowest BCUT2D eigenvalue weighted by molar-refractivity contribution is 0.648. The second-order valence-corrected chi connectivity index (χ2v) is 8.00. The molecule has 0 spiro atoms. The molecule has 0 fully saturated rings. The zero-order valence-corrected chi connectivity index (χ0v) is 12.4. The van der Waals surface area contributed by atoms with Crippen LogP contribution < -0.4 is 0 Å². The molecule has 0 aliphatic heterocycles. The van der Waals surface area contributed by atoms with Crippen molar-refractivity contribution in [2.24, 2.45) is 0 Å². The van der Waals surface area contributed by atoms with Gasteiger partial charge in [-0.3, -0.25) is 4.21 Å². The summed E-state index contributed by atoms with van der Waals surface area (Å²) in [5, 5.41) is 0.696. The molecule has 0 amide bonds. The minimum atomic E-state index is -0.852. The van der Waals surface area contributed by atoms with Crippen LogP contribution in [0.4, 0.5) is 0 Å². The normalized spacial score (nSPS) is 14.0. The lowest BCUT2D eigenvalue weighted by Gasteiger charge is -2.17. The number of fused-ring (bicyclic) bond motifs is 1. The molecule has 5 heteroatoms. The maximum atomic E-state index is 12.0. The molecule has 1 unspecified atom stereocenters. The molecule has 98 valence electrons. The first kappa shape index (κ1) is 13.6. The Morgan fingerprint density at radius 1 is 1.44 bits per heavy atom. The predicted molar refractivity (Wildman–Crippen MR) is 76.7 cm³/mol. The van der Waals surface area contributed by atoms with E-state index in [4.69, 9.17) is 11.6 Å². The van der Waals surface area contributed by atoms with E-state index >= 15 is 0 Å². The van der Waals surface area contributed by atoms with Crippen LogP contribution in [0.25, 0.3) is 5.52 Å². The average molecular weight is 285 g/mol. The number of aromatic nitrogens is 2. The van der Waals surface area contributed by atoms with Gasteiger partial charge in [-0.1, -0.05) is 11.6 Å². The van der Waals surface area contributed by atoms with Crippen LogP contribution in [-0.2, 0) is 17.2 Å². The third kappa shape index (κ3) is 2.93. The van der Waals surface area contributed by atoms with Crippen molar-refractivity contribution in [2.75, 3.05) is 5.75 Å². The Bertz CT molecular complexity index is 586. The minimum absolute atomic E-state index is 0.173. The summed E-state index contributed by atoms with van der Waals surface area (Å²) in [4.78, 5) is 4.36. The number of hydrogen-bond acceptors (Lipinski definition) is 2. The van der Waals surface area contributed by atoms with E-state index in [2.05, 4.69) is 4.98 Å². The van der Waals surface area contributed by atoms with Gasteiger partial charge in [0.2, 0.25) is 0 Å². The first-order chi connectivity index (χ1) is 8.38. The van der Waals surface area contributed by atoms with Gasteiger partial charge in [0.25, 0.3) is 0 Å². The van der Waals surface area contributed by atoms with Crippen molar-refractivity contribution in [3.63, 3.8) is 0 Å². The number of nitrogens with zero attached hydrogens (tertiary/aromatic N) is 2. The van der Waals surface area contributed by atoms with Gasteiger partial charge < -0.3 is 4.40 Å². The summed E-state index contributed by atoms with van der Waals surface area (Å²) < 4.78 is 13.8. The second kappa shape index (κ2) is 5.02. The second-order valence-electron chi connectivity index (χ2n) is 5.24. The molecule has 0 saturated carbocycles. The quantitative estimate of drug-likeness (QED) is 0.868. The Morgan fingerprint density at radius 3 is 2.83 bits per heavy atom. The number of imidazole rings is 1. The van der Waals surface area contributed by atoms with Gasteiger partial charge in [-0.15, -0.1) is 0 Å². The van der Waals surface area contributed by atoms with E-state index in [1.807, 2.05) is 43.5 Å². The van der Waals surface area contributed by atoms with Gasteiger partial charge in [-0.25, -0.2) is 4.98 Å². The van der Waals surface area contributed by atoms with Gasteiger partial charge in [0.1, 0.15) is 0 Å². The number of hydrogen-bond donors (Lipinski definition) is 0. The number of pyridine rings is 1. The van der Waals surface area contributed by atoms with E-state index in [-0.39, 0.29) is 4.75 Å². The largest absolute Gasteiger partial charge is 0.306 e. The molecule has 0 radical (unpaired) electrons.